The van der Waals surface area contributed by atoms with E-state index in [0.717, 1.165) is 23.2 Å². The summed E-state index contributed by atoms with van der Waals surface area (Å²) < 4.78 is 2.04. The Morgan fingerprint density at radius 2 is 2.18 bits per heavy atom. The van der Waals surface area contributed by atoms with E-state index in [9.17, 15) is 9.70 Å². The van der Waals surface area contributed by atoms with Crippen molar-refractivity contribution in [3.05, 3.63) is 40.1 Å². The van der Waals surface area contributed by atoms with Gasteiger partial charge in [0.1, 0.15) is 0 Å². The van der Waals surface area contributed by atoms with Crippen LogP contribution in [0.2, 0.25) is 0 Å². The molecule has 1 aliphatic carbocycles. The highest BCUT2D eigenvalue weighted by Crippen LogP contribution is 2.24. The smallest absolute Gasteiger partial charge is 0.286 e. The van der Waals surface area contributed by atoms with Gasteiger partial charge in [-0.2, -0.15) is 0 Å². The number of amides is 1. The molecule has 0 aliphatic heterocycles. The monoisotopic (exact) mass is 230 g/mol. The SMILES string of the molecule is Cn1cc(CCC(=O)N=O)c2c1C=CCC=C2. The molecule has 0 saturated carbocycles. The highest BCUT2D eigenvalue weighted by Gasteiger charge is 2.12. The number of aromatic nitrogens is 1. The lowest BCUT2D eigenvalue weighted by Crippen LogP contribution is -1.95. The fraction of sp³-hybridized carbons (Fsp3) is 0.308. The second-order valence-corrected chi connectivity index (χ2v) is 4.09. The summed E-state index contributed by atoms with van der Waals surface area (Å²) in [7, 11) is 1.98. The molecular formula is C13H14N2O2. The zero-order chi connectivity index (χ0) is 12.3. The molecule has 1 aromatic heterocycles. The van der Waals surface area contributed by atoms with E-state index < -0.39 is 5.91 Å². The van der Waals surface area contributed by atoms with Crippen molar-refractivity contribution in [2.75, 3.05) is 0 Å². The summed E-state index contributed by atoms with van der Waals surface area (Å²) in [4.78, 5) is 21.0. The summed E-state index contributed by atoms with van der Waals surface area (Å²) in [5.74, 6) is -0.587. The van der Waals surface area contributed by atoms with Crippen LogP contribution in [-0.4, -0.2) is 10.5 Å². The molecule has 0 fully saturated rings. The lowest BCUT2D eigenvalue weighted by Gasteiger charge is -1.98. The number of nitroso groups, excluding NO2 is 1. The Balaban J connectivity index is 2.27. The number of aryl methyl sites for hydroxylation is 2. The number of allylic oxidation sites excluding steroid dienone is 2. The fourth-order valence-electron chi connectivity index (χ4n) is 2.06. The summed E-state index contributed by atoms with van der Waals surface area (Å²) in [5.41, 5.74) is 3.36. The van der Waals surface area contributed by atoms with Crippen LogP contribution in [0.5, 0.6) is 0 Å². The predicted octanol–water partition coefficient (Wildman–Crippen LogP) is 2.68. The van der Waals surface area contributed by atoms with Crippen LogP contribution in [0.3, 0.4) is 0 Å². The Morgan fingerprint density at radius 3 is 2.94 bits per heavy atom. The van der Waals surface area contributed by atoms with E-state index in [4.69, 9.17) is 0 Å². The number of rotatable bonds is 3. The Kier molecular flexibility index (Phi) is 3.32. The molecule has 2 rings (SSSR count). The number of carbonyl (C=O) groups excluding carboxylic acids is 1. The molecule has 0 saturated heterocycles. The molecule has 88 valence electrons. The second kappa shape index (κ2) is 4.91. The summed E-state index contributed by atoms with van der Waals surface area (Å²) in [6.45, 7) is 0. The van der Waals surface area contributed by atoms with Gasteiger partial charge in [-0.15, -0.1) is 4.91 Å². The molecule has 0 bridgehead atoms. The first-order chi connectivity index (χ1) is 8.22. The molecule has 1 amide bonds. The summed E-state index contributed by atoms with van der Waals surface area (Å²) in [5, 5.41) is 2.41. The van der Waals surface area contributed by atoms with Crippen LogP contribution in [0.15, 0.2) is 23.5 Å². The Hall–Kier alpha value is -1.97. The Labute approximate surface area is 99.6 Å². The topological polar surface area (TPSA) is 51.4 Å². The second-order valence-electron chi connectivity index (χ2n) is 4.09. The molecule has 0 unspecified atom stereocenters. The third kappa shape index (κ3) is 2.41. The molecule has 1 aromatic rings. The molecule has 1 aliphatic rings. The largest absolute Gasteiger partial charge is 0.350 e. The molecule has 0 atom stereocenters. The maximum atomic E-state index is 10.9. The number of nitrogens with zero attached hydrogens (tertiary/aromatic N) is 2. The molecule has 17 heavy (non-hydrogen) atoms. The molecule has 4 heteroatoms. The lowest BCUT2D eigenvalue weighted by molar-refractivity contribution is -0.117. The van der Waals surface area contributed by atoms with Gasteiger partial charge in [0.05, 0.1) is 0 Å². The van der Waals surface area contributed by atoms with Crippen LogP contribution in [-0.2, 0) is 18.3 Å². The third-order valence-electron chi connectivity index (χ3n) is 2.89. The van der Waals surface area contributed by atoms with Crippen molar-refractivity contribution in [3.63, 3.8) is 0 Å². The van der Waals surface area contributed by atoms with Gasteiger partial charge in [0, 0.05) is 36.1 Å². The molecular weight excluding hydrogens is 216 g/mol. The van der Waals surface area contributed by atoms with Gasteiger partial charge in [0.15, 0.2) is 0 Å². The fourth-order valence-corrected chi connectivity index (χ4v) is 2.06. The van der Waals surface area contributed by atoms with Gasteiger partial charge in [-0.1, -0.05) is 18.2 Å². The number of carbonyl (C=O) groups is 1. The summed E-state index contributed by atoms with van der Waals surface area (Å²) in [6, 6.07) is 0. The maximum Gasteiger partial charge on any atom is 0.286 e. The van der Waals surface area contributed by atoms with Gasteiger partial charge in [0.2, 0.25) is 0 Å². The maximum absolute atomic E-state index is 10.9. The van der Waals surface area contributed by atoms with E-state index in [2.05, 4.69) is 29.5 Å². The quantitative estimate of drug-likeness (QED) is 0.749. The van der Waals surface area contributed by atoms with E-state index in [1.807, 2.05) is 17.8 Å². The van der Waals surface area contributed by atoms with Crippen molar-refractivity contribution in [1.82, 2.24) is 4.57 Å². The molecule has 0 spiro atoms. The van der Waals surface area contributed by atoms with E-state index in [0.29, 0.717) is 6.42 Å². The van der Waals surface area contributed by atoms with E-state index in [1.54, 1.807) is 0 Å². The molecule has 0 aromatic carbocycles. The van der Waals surface area contributed by atoms with Crippen molar-refractivity contribution >= 4 is 18.1 Å². The van der Waals surface area contributed by atoms with Crippen molar-refractivity contribution in [1.29, 1.82) is 0 Å². The first kappa shape index (κ1) is 11.5. The van der Waals surface area contributed by atoms with Crippen LogP contribution in [0, 0.1) is 4.91 Å². The normalized spacial score (nSPS) is 13.2. The molecule has 0 N–H and O–H groups in total. The van der Waals surface area contributed by atoms with Crippen molar-refractivity contribution in [3.8, 4) is 0 Å². The van der Waals surface area contributed by atoms with Gasteiger partial charge >= 0.3 is 0 Å². The van der Waals surface area contributed by atoms with Crippen LogP contribution >= 0.6 is 0 Å². The van der Waals surface area contributed by atoms with E-state index in [-0.39, 0.29) is 6.42 Å². The summed E-state index contributed by atoms with van der Waals surface area (Å²) >= 11 is 0. The third-order valence-corrected chi connectivity index (χ3v) is 2.89. The van der Waals surface area contributed by atoms with Crippen LogP contribution in [0.4, 0.5) is 0 Å². The van der Waals surface area contributed by atoms with Crippen molar-refractivity contribution < 1.29 is 4.79 Å². The molecule has 1 heterocycles. The average Bonchev–Trinajstić information content (AvgIpc) is 2.55. The highest BCUT2D eigenvalue weighted by atomic mass is 16.3. The van der Waals surface area contributed by atoms with Gasteiger partial charge < -0.3 is 4.57 Å². The molecule has 0 radical (unpaired) electrons. The Bertz CT molecular complexity index is 510. The van der Waals surface area contributed by atoms with E-state index in [1.165, 1.54) is 0 Å². The number of hydrogen-bond acceptors (Lipinski definition) is 2. The minimum Gasteiger partial charge on any atom is -0.350 e. The first-order valence-electron chi connectivity index (χ1n) is 5.60. The minimum atomic E-state index is -0.587. The van der Waals surface area contributed by atoms with Crippen LogP contribution < -0.4 is 0 Å². The number of fused-ring (bicyclic) bond motifs is 1. The summed E-state index contributed by atoms with van der Waals surface area (Å²) in [6.07, 6.45) is 12.0. The van der Waals surface area contributed by atoms with Crippen LogP contribution in [0.1, 0.15) is 29.7 Å². The van der Waals surface area contributed by atoms with Crippen molar-refractivity contribution in [2.45, 2.75) is 19.3 Å². The first-order valence-corrected chi connectivity index (χ1v) is 5.60. The zero-order valence-corrected chi connectivity index (χ0v) is 9.72. The van der Waals surface area contributed by atoms with Gasteiger partial charge in [-0.25, -0.2) is 0 Å². The standard InChI is InChI=1S/C13H14N2O2/c1-15-9-10(7-8-13(16)14-17)11-5-3-2-4-6-12(11)15/h3-6,9H,2,7-8H2,1H3. The minimum absolute atomic E-state index is 0.178. The van der Waals surface area contributed by atoms with Crippen molar-refractivity contribution in [2.24, 2.45) is 12.2 Å². The average molecular weight is 230 g/mol. The van der Waals surface area contributed by atoms with Gasteiger partial charge in [-0.3, -0.25) is 4.79 Å². The van der Waals surface area contributed by atoms with E-state index >= 15 is 0 Å². The highest BCUT2D eigenvalue weighted by molar-refractivity contribution is 5.77. The number of hydrogen-bond donors (Lipinski definition) is 0. The molecule has 4 nitrogen and oxygen atoms in total. The van der Waals surface area contributed by atoms with Crippen LogP contribution in [0.25, 0.3) is 12.2 Å². The van der Waals surface area contributed by atoms with Gasteiger partial charge in [0.25, 0.3) is 5.91 Å². The lowest BCUT2D eigenvalue weighted by atomic mass is 10.1. The zero-order valence-electron chi connectivity index (χ0n) is 9.72. The predicted molar refractivity (Wildman–Crippen MR) is 67.2 cm³/mol. The van der Waals surface area contributed by atoms with Gasteiger partial charge in [-0.05, 0) is 24.5 Å². The Morgan fingerprint density at radius 1 is 1.41 bits per heavy atom.